The predicted molar refractivity (Wildman–Crippen MR) is 83.6 cm³/mol. The topological polar surface area (TPSA) is 50.4 Å². The molecule has 25 heavy (non-hydrogen) atoms. The third-order valence-electron chi connectivity index (χ3n) is 3.16. The van der Waals surface area contributed by atoms with Crippen LogP contribution in [0.2, 0.25) is 0 Å². The molecule has 8 heteroatoms. The Bertz CT molecular complexity index is 720. The SMILES string of the molecule is O=C(NCCOc1cccc(F)c1)NCc1cccc(C(F)(F)F)c1. The highest BCUT2D eigenvalue weighted by Crippen LogP contribution is 2.29. The fourth-order valence-electron chi connectivity index (χ4n) is 1.99. The summed E-state index contributed by atoms with van der Waals surface area (Å²) in [6.45, 7) is 0.242. The van der Waals surface area contributed by atoms with Gasteiger partial charge >= 0.3 is 12.2 Å². The number of urea groups is 1. The van der Waals surface area contributed by atoms with Crippen LogP contribution in [0.15, 0.2) is 48.5 Å². The van der Waals surface area contributed by atoms with Crippen molar-refractivity contribution in [3.05, 3.63) is 65.5 Å². The number of amides is 2. The van der Waals surface area contributed by atoms with Crippen LogP contribution in [0.4, 0.5) is 22.4 Å². The van der Waals surface area contributed by atoms with Crippen molar-refractivity contribution >= 4 is 6.03 Å². The van der Waals surface area contributed by atoms with Crippen LogP contribution in [0, 0.1) is 5.82 Å². The molecule has 0 unspecified atom stereocenters. The molecule has 0 saturated heterocycles. The quantitative estimate of drug-likeness (QED) is 0.612. The van der Waals surface area contributed by atoms with Gasteiger partial charge in [0.05, 0.1) is 12.1 Å². The van der Waals surface area contributed by atoms with E-state index in [0.717, 1.165) is 12.1 Å². The average Bonchev–Trinajstić information content (AvgIpc) is 2.56. The number of nitrogens with one attached hydrogen (secondary N) is 2. The maximum absolute atomic E-state index is 12.9. The number of rotatable bonds is 6. The monoisotopic (exact) mass is 356 g/mol. The Morgan fingerprint density at radius 3 is 2.52 bits per heavy atom. The van der Waals surface area contributed by atoms with Crippen LogP contribution >= 0.6 is 0 Å². The van der Waals surface area contributed by atoms with Gasteiger partial charge in [0.2, 0.25) is 0 Å². The number of hydrogen-bond acceptors (Lipinski definition) is 2. The van der Waals surface area contributed by atoms with Crippen LogP contribution in [0.1, 0.15) is 11.1 Å². The van der Waals surface area contributed by atoms with Gasteiger partial charge in [-0.05, 0) is 29.8 Å². The Morgan fingerprint density at radius 1 is 1.04 bits per heavy atom. The van der Waals surface area contributed by atoms with Crippen LogP contribution in [0.25, 0.3) is 0 Å². The van der Waals surface area contributed by atoms with Crippen LogP contribution < -0.4 is 15.4 Å². The number of halogens is 4. The first-order valence-electron chi connectivity index (χ1n) is 7.41. The molecule has 2 aromatic carbocycles. The summed E-state index contributed by atoms with van der Waals surface area (Å²) in [4.78, 5) is 11.6. The van der Waals surface area contributed by atoms with E-state index in [1.165, 1.54) is 30.3 Å². The zero-order chi connectivity index (χ0) is 18.3. The molecule has 0 aromatic heterocycles. The molecule has 0 bridgehead atoms. The van der Waals surface area contributed by atoms with E-state index in [-0.39, 0.29) is 19.7 Å². The summed E-state index contributed by atoms with van der Waals surface area (Å²) in [6, 6.07) is 9.75. The third kappa shape index (κ3) is 6.33. The van der Waals surface area contributed by atoms with Crippen molar-refractivity contribution in [2.45, 2.75) is 12.7 Å². The highest BCUT2D eigenvalue weighted by Gasteiger charge is 2.30. The Hall–Kier alpha value is -2.77. The molecular formula is C17H16F4N2O2. The van der Waals surface area contributed by atoms with Crippen molar-refractivity contribution < 1.29 is 27.1 Å². The van der Waals surface area contributed by atoms with Crippen LogP contribution in [0.5, 0.6) is 5.75 Å². The van der Waals surface area contributed by atoms with Gasteiger partial charge in [-0.15, -0.1) is 0 Å². The van der Waals surface area contributed by atoms with E-state index in [9.17, 15) is 22.4 Å². The highest BCUT2D eigenvalue weighted by molar-refractivity contribution is 5.73. The third-order valence-corrected chi connectivity index (χ3v) is 3.16. The first-order chi connectivity index (χ1) is 11.8. The van der Waals surface area contributed by atoms with Gasteiger partial charge in [0, 0.05) is 12.6 Å². The molecule has 2 aromatic rings. The van der Waals surface area contributed by atoms with E-state index < -0.39 is 23.6 Å². The zero-order valence-electron chi connectivity index (χ0n) is 13.1. The van der Waals surface area contributed by atoms with Gasteiger partial charge in [-0.1, -0.05) is 18.2 Å². The Labute approximate surface area is 141 Å². The predicted octanol–water partition coefficient (Wildman–Crippen LogP) is 3.72. The second-order valence-corrected chi connectivity index (χ2v) is 5.11. The molecule has 2 rings (SSSR count). The summed E-state index contributed by atoms with van der Waals surface area (Å²) in [5.74, 6) is -0.0875. The highest BCUT2D eigenvalue weighted by atomic mass is 19.4. The molecule has 0 heterocycles. The summed E-state index contributed by atoms with van der Waals surface area (Å²) < 4.78 is 56.0. The molecular weight excluding hydrogens is 340 g/mol. The molecule has 2 N–H and O–H groups in total. The second-order valence-electron chi connectivity index (χ2n) is 5.11. The lowest BCUT2D eigenvalue weighted by Gasteiger charge is -2.11. The summed E-state index contributed by atoms with van der Waals surface area (Å²) in [5, 5.41) is 4.94. The van der Waals surface area contributed by atoms with E-state index in [1.807, 2.05) is 0 Å². The number of carbonyl (C=O) groups is 1. The first kappa shape index (κ1) is 18.6. The van der Waals surface area contributed by atoms with Crippen molar-refractivity contribution in [3.63, 3.8) is 0 Å². The lowest BCUT2D eigenvalue weighted by atomic mass is 10.1. The maximum Gasteiger partial charge on any atom is 0.416 e. The summed E-state index contributed by atoms with van der Waals surface area (Å²) in [7, 11) is 0. The molecule has 0 aliphatic carbocycles. The minimum absolute atomic E-state index is 0.0412. The molecule has 4 nitrogen and oxygen atoms in total. The molecule has 134 valence electrons. The van der Waals surface area contributed by atoms with E-state index in [0.29, 0.717) is 11.3 Å². The van der Waals surface area contributed by atoms with Crippen molar-refractivity contribution in [1.82, 2.24) is 10.6 Å². The van der Waals surface area contributed by atoms with E-state index in [2.05, 4.69) is 10.6 Å². The van der Waals surface area contributed by atoms with Crippen molar-refractivity contribution in [2.75, 3.05) is 13.2 Å². The fraction of sp³-hybridized carbons (Fsp3) is 0.235. The van der Waals surface area contributed by atoms with Crippen molar-refractivity contribution in [2.24, 2.45) is 0 Å². The molecule has 0 aliphatic rings. The molecule has 0 fully saturated rings. The Balaban J connectivity index is 1.70. The number of benzene rings is 2. The molecule has 0 aliphatic heterocycles. The fourth-order valence-corrected chi connectivity index (χ4v) is 1.99. The molecule has 0 radical (unpaired) electrons. The maximum atomic E-state index is 12.9. The Morgan fingerprint density at radius 2 is 1.80 bits per heavy atom. The largest absolute Gasteiger partial charge is 0.492 e. The number of carbonyl (C=O) groups excluding carboxylic acids is 1. The van der Waals surface area contributed by atoms with E-state index in [4.69, 9.17) is 4.74 Å². The smallest absolute Gasteiger partial charge is 0.416 e. The molecule has 0 spiro atoms. The first-order valence-corrected chi connectivity index (χ1v) is 7.41. The summed E-state index contributed by atoms with van der Waals surface area (Å²) >= 11 is 0. The van der Waals surface area contributed by atoms with Gasteiger partial charge in [0.25, 0.3) is 0 Å². The number of ether oxygens (including phenoxy) is 1. The van der Waals surface area contributed by atoms with Gasteiger partial charge in [-0.2, -0.15) is 13.2 Å². The molecule has 2 amide bonds. The van der Waals surface area contributed by atoms with E-state index >= 15 is 0 Å². The van der Waals surface area contributed by atoms with Gasteiger partial charge in [-0.3, -0.25) is 0 Å². The normalized spacial score (nSPS) is 11.0. The van der Waals surface area contributed by atoms with Gasteiger partial charge in [0.1, 0.15) is 18.2 Å². The Kier molecular flexibility index (Phi) is 6.21. The van der Waals surface area contributed by atoms with Crippen LogP contribution in [-0.2, 0) is 12.7 Å². The molecule has 0 atom stereocenters. The average molecular weight is 356 g/mol. The summed E-state index contributed by atoms with van der Waals surface area (Å²) in [5.41, 5.74) is -0.434. The lowest BCUT2D eigenvalue weighted by molar-refractivity contribution is -0.137. The zero-order valence-corrected chi connectivity index (χ0v) is 13.1. The van der Waals surface area contributed by atoms with Gasteiger partial charge < -0.3 is 15.4 Å². The minimum Gasteiger partial charge on any atom is -0.492 e. The van der Waals surface area contributed by atoms with Crippen LogP contribution in [-0.4, -0.2) is 19.2 Å². The van der Waals surface area contributed by atoms with Gasteiger partial charge in [0.15, 0.2) is 0 Å². The van der Waals surface area contributed by atoms with Crippen LogP contribution in [0.3, 0.4) is 0 Å². The second kappa shape index (κ2) is 8.36. The van der Waals surface area contributed by atoms with Gasteiger partial charge in [-0.25, -0.2) is 9.18 Å². The standard InChI is InChI=1S/C17H16F4N2O2/c18-14-5-2-6-15(10-14)25-8-7-22-16(24)23-11-12-3-1-4-13(9-12)17(19,20)21/h1-6,9-10H,7-8,11H2,(H2,22,23,24). The van der Waals surface area contributed by atoms with E-state index in [1.54, 1.807) is 6.07 Å². The lowest BCUT2D eigenvalue weighted by Crippen LogP contribution is -2.37. The minimum atomic E-state index is -4.42. The number of alkyl halides is 3. The van der Waals surface area contributed by atoms with Crippen molar-refractivity contribution in [1.29, 1.82) is 0 Å². The molecule has 0 saturated carbocycles. The summed E-state index contributed by atoms with van der Waals surface area (Å²) in [6.07, 6.45) is -4.42. The van der Waals surface area contributed by atoms with Crippen molar-refractivity contribution in [3.8, 4) is 5.75 Å². The number of hydrogen-bond donors (Lipinski definition) is 2.